The minimum atomic E-state index is -1.02. The molecule has 9 nitrogen and oxygen atoms in total. The van der Waals surface area contributed by atoms with Crippen LogP contribution in [0.3, 0.4) is 0 Å². The number of hydrogen-bond acceptors (Lipinski definition) is 6. The van der Waals surface area contributed by atoms with E-state index >= 15 is 0 Å². The Kier molecular flexibility index (Phi) is 5.58. The first-order valence-corrected chi connectivity index (χ1v) is 7.72. The molecule has 0 radical (unpaired) electrons. The zero-order valence-corrected chi connectivity index (χ0v) is 14.2. The van der Waals surface area contributed by atoms with Crippen molar-refractivity contribution in [3.05, 3.63) is 18.2 Å². The molecule has 1 aliphatic rings. The fourth-order valence-corrected chi connectivity index (χ4v) is 2.23. The van der Waals surface area contributed by atoms with E-state index in [1.165, 1.54) is 7.05 Å². The number of anilines is 1. The molecule has 0 spiro atoms. The summed E-state index contributed by atoms with van der Waals surface area (Å²) in [6, 6.07) is 4.01. The number of imide groups is 2. The van der Waals surface area contributed by atoms with Crippen molar-refractivity contribution in [2.75, 3.05) is 32.1 Å². The van der Waals surface area contributed by atoms with Crippen LogP contribution in [-0.2, 0) is 14.4 Å². The van der Waals surface area contributed by atoms with Crippen molar-refractivity contribution in [1.82, 2.24) is 9.80 Å². The van der Waals surface area contributed by atoms with Gasteiger partial charge in [0, 0.05) is 18.8 Å². The predicted molar refractivity (Wildman–Crippen MR) is 87.3 cm³/mol. The Morgan fingerprint density at radius 3 is 2.24 bits per heavy atom. The third-order valence-electron chi connectivity index (χ3n) is 3.38. The standard InChI is InChI=1S/C16H19N3O6/c1-4-24-11-7-6-10(8-12(11)25-5-2)17-13(20)9-19-15(22)14(21)18(3)16(19)23/h6-8H,4-5,9H2,1-3H3,(H,17,20). The fraction of sp³-hybridized carbons (Fsp3) is 0.375. The summed E-state index contributed by atoms with van der Waals surface area (Å²) in [5.74, 6) is -1.59. The number of ether oxygens (including phenoxy) is 2. The molecule has 1 fully saturated rings. The highest BCUT2D eigenvalue weighted by Crippen LogP contribution is 2.30. The van der Waals surface area contributed by atoms with Crippen molar-refractivity contribution in [3.8, 4) is 11.5 Å². The van der Waals surface area contributed by atoms with Crippen molar-refractivity contribution in [2.24, 2.45) is 0 Å². The van der Waals surface area contributed by atoms with E-state index in [0.29, 0.717) is 40.2 Å². The minimum absolute atomic E-state index is 0.413. The largest absolute Gasteiger partial charge is 0.490 e. The fourth-order valence-electron chi connectivity index (χ4n) is 2.23. The summed E-state index contributed by atoms with van der Waals surface area (Å²) in [5, 5.41) is 2.56. The van der Waals surface area contributed by atoms with Crippen molar-refractivity contribution >= 4 is 29.4 Å². The van der Waals surface area contributed by atoms with Gasteiger partial charge < -0.3 is 14.8 Å². The zero-order valence-electron chi connectivity index (χ0n) is 14.2. The summed E-state index contributed by atoms with van der Waals surface area (Å²) in [7, 11) is 1.18. The van der Waals surface area contributed by atoms with Crippen LogP contribution in [0.2, 0.25) is 0 Å². The molecular formula is C16H19N3O6. The van der Waals surface area contributed by atoms with Gasteiger partial charge in [0.1, 0.15) is 6.54 Å². The third kappa shape index (κ3) is 3.87. The molecule has 1 heterocycles. The highest BCUT2D eigenvalue weighted by molar-refractivity contribution is 6.44. The molecule has 1 saturated heterocycles. The average Bonchev–Trinajstić information content (AvgIpc) is 2.75. The van der Waals surface area contributed by atoms with Crippen LogP contribution < -0.4 is 14.8 Å². The Bertz CT molecular complexity index is 718. The van der Waals surface area contributed by atoms with Gasteiger partial charge in [-0.05, 0) is 26.0 Å². The highest BCUT2D eigenvalue weighted by atomic mass is 16.5. The number of amides is 5. The average molecular weight is 349 g/mol. The molecule has 0 aliphatic carbocycles. The van der Waals surface area contributed by atoms with Gasteiger partial charge in [-0.3, -0.25) is 19.3 Å². The van der Waals surface area contributed by atoms with E-state index in [1.54, 1.807) is 18.2 Å². The maximum atomic E-state index is 12.1. The molecule has 1 aromatic carbocycles. The molecule has 25 heavy (non-hydrogen) atoms. The number of nitrogens with one attached hydrogen (secondary N) is 1. The molecule has 0 aromatic heterocycles. The molecular weight excluding hydrogens is 330 g/mol. The third-order valence-corrected chi connectivity index (χ3v) is 3.38. The number of likely N-dealkylation sites (N-methyl/N-ethyl adjacent to an activating group) is 1. The zero-order chi connectivity index (χ0) is 18.6. The van der Waals surface area contributed by atoms with Gasteiger partial charge in [-0.15, -0.1) is 0 Å². The van der Waals surface area contributed by atoms with Crippen LogP contribution in [0.5, 0.6) is 11.5 Å². The second kappa shape index (κ2) is 7.65. The van der Waals surface area contributed by atoms with Gasteiger partial charge in [-0.2, -0.15) is 0 Å². The van der Waals surface area contributed by atoms with E-state index in [-0.39, 0.29) is 0 Å². The van der Waals surface area contributed by atoms with Gasteiger partial charge >= 0.3 is 17.8 Å². The van der Waals surface area contributed by atoms with Crippen LogP contribution in [0.15, 0.2) is 18.2 Å². The van der Waals surface area contributed by atoms with E-state index in [2.05, 4.69) is 5.32 Å². The van der Waals surface area contributed by atoms with E-state index in [9.17, 15) is 19.2 Å². The Morgan fingerprint density at radius 2 is 1.68 bits per heavy atom. The van der Waals surface area contributed by atoms with Gasteiger partial charge in [0.05, 0.1) is 13.2 Å². The number of nitrogens with zero attached hydrogens (tertiary/aromatic N) is 2. The SMILES string of the molecule is CCOc1ccc(NC(=O)CN2C(=O)C(=O)N(C)C2=O)cc1OCC. The lowest BCUT2D eigenvalue weighted by Gasteiger charge is -2.15. The molecule has 0 bridgehead atoms. The topological polar surface area (TPSA) is 105 Å². The number of urea groups is 1. The first kappa shape index (κ1) is 18.2. The van der Waals surface area contributed by atoms with Crippen molar-refractivity contribution in [3.63, 3.8) is 0 Å². The molecule has 5 amide bonds. The van der Waals surface area contributed by atoms with E-state index in [0.717, 1.165) is 0 Å². The summed E-state index contributed by atoms with van der Waals surface area (Å²) in [6.45, 7) is 3.99. The molecule has 1 N–H and O–H groups in total. The lowest BCUT2D eigenvalue weighted by Crippen LogP contribution is -2.38. The quantitative estimate of drug-likeness (QED) is 0.578. The summed E-state index contributed by atoms with van der Waals surface area (Å²) in [4.78, 5) is 48.2. The lowest BCUT2D eigenvalue weighted by molar-refractivity contribution is -0.143. The maximum Gasteiger partial charge on any atom is 0.334 e. The Morgan fingerprint density at radius 1 is 1.04 bits per heavy atom. The lowest BCUT2D eigenvalue weighted by atomic mass is 10.2. The first-order chi connectivity index (χ1) is 11.9. The van der Waals surface area contributed by atoms with Gasteiger partial charge in [0.15, 0.2) is 11.5 Å². The van der Waals surface area contributed by atoms with Crippen LogP contribution in [0.25, 0.3) is 0 Å². The molecule has 1 aromatic rings. The Labute approximate surface area is 144 Å². The van der Waals surface area contributed by atoms with Gasteiger partial charge in [-0.25, -0.2) is 9.69 Å². The van der Waals surface area contributed by atoms with Crippen molar-refractivity contribution in [1.29, 1.82) is 0 Å². The molecule has 0 saturated carbocycles. The molecule has 0 atom stereocenters. The Balaban J connectivity index is 2.08. The maximum absolute atomic E-state index is 12.1. The molecule has 134 valence electrons. The number of hydrogen-bond donors (Lipinski definition) is 1. The number of carbonyl (C=O) groups is 4. The number of benzene rings is 1. The van der Waals surface area contributed by atoms with Crippen molar-refractivity contribution in [2.45, 2.75) is 13.8 Å². The van der Waals surface area contributed by atoms with E-state index < -0.39 is 30.3 Å². The second-order valence-corrected chi connectivity index (χ2v) is 5.11. The van der Waals surface area contributed by atoms with Crippen molar-refractivity contribution < 1.29 is 28.7 Å². The van der Waals surface area contributed by atoms with E-state index in [1.807, 2.05) is 13.8 Å². The minimum Gasteiger partial charge on any atom is -0.490 e. The van der Waals surface area contributed by atoms with Gasteiger partial charge in [0.2, 0.25) is 5.91 Å². The molecule has 1 aliphatic heterocycles. The van der Waals surface area contributed by atoms with Gasteiger partial charge in [0.25, 0.3) is 0 Å². The summed E-state index contributed by atoms with van der Waals surface area (Å²) >= 11 is 0. The van der Waals surface area contributed by atoms with E-state index in [4.69, 9.17) is 9.47 Å². The van der Waals surface area contributed by atoms with Gasteiger partial charge in [-0.1, -0.05) is 0 Å². The highest BCUT2D eigenvalue weighted by Gasteiger charge is 2.42. The van der Waals surface area contributed by atoms with Crippen LogP contribution in [-0.4, -0.2) is 60.4 Å². The monoisotopic (exact) mass is 349 g/mol. The summed E-state index contributed by atoms with van der Waals surface area (Å²) in [6.07, 6.45) is 0. The summed E-state index contributed by atoms with van der Waals surface area (Å²) < 4.78 is 10.9. The Hall–Kier alpha value is -3.10. The van der Waals surface area contributed by atoms with Crippen LogP contribution in [0.4, 0.5) is 10.5 Å². The molecule has 9 heteroatoms. The predicted octanol–water partition coefficient (Wildman–Crippen LogP) is 0.843. The number of carbonyl (C=O) groups excluding carboxylic acids is 4. The van der Waals surface area contributed by atoms with Crippen LogP contribution in [0, 0.1) is 0 Å². The molecule has 2 rings (SSSR count). The van der Waals surface area contributed by atoms with Crippen LogP contribution in [0.1, 0.15) is 13.8 Å². The molecule has 0 unspecified atom stereocenters. The normalized spacial score (nSPS) is 14.1. The smallest absolute Gasteiger partial charge is 0.334 e. The first-order valence-electron chi connectivity index (χ1n) is 7.72. The van der Waals surface area contributed by atoms with Crippen LogP contribution >= 0.6 is 0 Å². The second-order valence-electron chi connectivity index (χ2n) is 5.11. The number of rotatable bonds is 7. The summed E-state index contributed by atoms with van der Waals surface area (Å²) in [5.41, 5.74) is 0.413.